The number of halogens is 1. The van der Waals surface area contributed by atoms with Gasteiger partial charge in [-0.25, -0.2) is 12.8 Å². The number of benzene rings is 2. The fraction of sp³-hybridized carbons (Fsp3) is 0.235. The molecule has 0 aliphatic rings. The standard InChI is InChI=1S/C17H18FNO4S/c1-11(19)9-13-3-5-14(6-4-13)24(21,22)15-7-8-17(16(18)10-15)23-12(2)20/h3-8,10-11H,9,19H2,1-2H3/t11-/m1/s1. The van der Waals surface area contributed by atoms with Gasteiger partial charge in [-0.15, -0.1) is 0 Å². The first kappa shape index (κ1) is 18.1. The summed E-state index contributed by atoms with van der Waals surface area (Å²) in [5, 5.41) is 0. The van der Waals surface area contributed by atoms with Crippen molar-refractivity contribution >= 4 is 15.8 Å². The lowest BCUT2D eigenvalue weighted by Gasteiger charge is -2.09. The van der Waals surface area contributed by atoms with E-state index in [2.05, 4.69) is 4.74 Å². The second kappa shape index (κ2) is 7.11. The van der Waals surface area contributed by atoms with Gasteiger partial charge in [0.15, 0.2) is 11.6 Å². The van der Waals surface area contributed by atoms with Gasteiger partial charge in [0.1, 0.15) is 0 Å². The maximum absolute atomic E-state index is 13.9. The van der Waals surface area contributed by atoms with Gasteiger partial charge in [-0.1, -0.05) is 12.1 Å². The number of esters is 1. The van der Waals surface area contributed by atoms with E-state index in [9.17, 15) is 17.6 Å². The van der Waals surface area contributed by atoms with Crippen molar-refractivity contribution in [3.63, 3.8) is 0 Å². The van der Waals surface area contributed by atoms with Crippen LogP contribution in [0.25, 0.3) is 0 Å². The summed E-state index contributed by atoms with van der Waals surface area (Å²) in [6, 6.07) is 9.41. The first-order valence-corrected chi connectivity index (χ1v) is 8.76. The van der Waals surface area contributed by atoms with Crippen LogP contribution in [0.15, 0.2) is 52.3 Å². The van der Waals surface area contributed by atoms with E-state index in [-0.39, 0.29) is 21.6 Å². The predicted octanol–water partition coefficient (Wildman–Crippen LogP) is 2.47. The molecule has 2 aromatic rings. The second-order valence-electron chi connectivity index (χ2n) is 5.51. The monoisotopic (exact) mass is 351 g/mol. The summed E-state index contributed by atoms with van der Waals surface area (Å²) in [5.41, 5.74) is 6.63. The van der Waals surface area contributed by atoms with Crippen LogP contribution in [0, 0.1) is 5.82 Å². The van der Waals surface area contributed by atoms with Gasteiger partial charge in [0, 0.05) is 13.0 Å². The van der Waals surface area contributed by atoms with E-state index in [1.54, 1.807) is 12.1 Å². The molecule has 0 spiro atoms. The molecule has 128 valence electrons. The number of carbonyl (C=O) groups excluding carboxylic acids is 1. The van der Waals surface area contributed by atoms with Gasteiger partial charge in [0.25, 0.3) is 0 Å². The number of carbonyl (C=O) groups is 1. The van der Waals surface area contributed by atoms with Crippen molar-refractivity contribution in [1.82, 2.24) is 0 Å². The third-order valence-corrected chi connectivity index (χ3v) is 5.03. The van der Waals surface area contributed by atoms with Gasteiger partial charge in [0.2, 0.25) is 9.84 Å². The molecule has 0 saturated heterocycles. The summed E-state index contributed by atoms with van der Waals surface area (Å²) in [6.07, 6.45) is 0.631. The normalized spacial score (nSPS) is 12.7. The summed E-state index contributed by atoms with van der Waals surface area (Å²) >= 11 is 0. The highest BCUT2D eigenvalue weighted by Crippen LogP contribution is 2.26. The van der Waals surface area contributed by atoms with E-state index in [0.717, 1.165) is 24.6 Å². The van der Waals surface area contributed by atoms with E-state index in [4.69, 9.17) is 5.73 Å². The number of rotatable bonds is 5. The Kier molecular flexibility index (Phi) is 5.36. The molecule has 24 heavy (non-hydrogen) atoms. The van der Waals surface area contributed by atoms with Crippen LogP contribution in [0.5, 0.6) is 5.75 Å². The minimum absolute atomic E-state index is 0.0321. The number of ether oxygens (including phenoxy) is 1. The maximum atomic E-state index is 13.9. The number of hydrogen-bond donors (Lipinski definition) is 1. The Labute approximate surface area is 140 Å². The molecule has 0 aliphatic heterocycles. The van der Waals surface area contributed by atoms with Crippen molar-refractivity contribution in [2.24, 2.45) is 5.73 Å². The summed E-state index contributed by atoms with van der Waals surface area (Å²) in [7, 11) is -3.86. The molecule has 2 aromatic carbocycles. The van der Waals surface area contributed by atoms with Crippen molar-refractivity contribution in [3.05, 3.63) is 53.8 Å². The smallest absolute Gasteiger partial charge is 0.308 e. The number of sulfone groups is 1. The molecule has 0 amide bonds. The van der Waals surface area contributed by atoms with E-state index >= 15 is 0 Å². The first-order valence-electron chi connectivity index (χ1n) is 7.27. The molecule has 0 aromatic heterocycles. The molecule has 0 radical (unpaired) electrons. The van der Waals surface area contributed by atoms with Crippen LogP contribution in [-0.4, -0.2) is 20.4 Å². The maximum Gasteiger partial charge on any atom is 0.308 e. The first-order chi connectivity index (χ1) is 11.2. The SMILES string of the molecule is CC(=O)Oc1ccc(S(=O)(=O)c2ccc(C[C@@H](C)N)cc2)cc1F. The van der Waals surface area contributed by atoms with Gasteiger partial charge in [0.05, 0.1) is 9.79 Å². The average molecular weight is 351 g/mol. The van der Waals surface area contributed by atoms with Crippen molar-refractivity contribution < 1.29 is 22.3 Å². The van der Waals surface area contributed by atoms with E-state index in [1.807, 2.05) is 6.92 Å². The fourth-order valence-corrected chi connectivity index (χ4v) is 3.47. The van der Waals surface area contributed by atoms with Gasteiger partial charge >= 0.3 is 5.97 Å². The summed E-state index contributed by atoms with van der Waals surface area (Å²) in [4.78, 5) is 10.7. The Morgan fingerprint density at radius 1 is 1.17 bits per heavy atom. The molecule has 0 fully saturated rings. The van der Waals surface area contributed by atoms with Gasteiger partial charge in [-0.05, 0) is 49.2 Å². The largest absolute Gasteiger partial charge is 0.424 e. The van der Waals surface area contributed by atoms with Gasteiger partial charge in [-0.3, -0.25) is 4.79 Å². The molecule has 2 N–H and O–H groups in total. The quantitative estimate of drug-likeness (QED) is 0.660. The Morgan fingerprint density at radius 2 is 1.75 bits per heavy atom. The molecule has 7 heteroatoms. The highest BCUT2D eigenvalue weighted by Gasteiger charge is 2.20. The van der Waals surface area contributed by atoms with Crippen LogP contribution in [0.4, 0.5) is 4.39 Å². The molecular formula is C17H18FNO4S. The molecule has 0 aliphatic carbocycles. The number of nitrogens with two attached hydrogens (primary N) is 1. The van der Waals surface area contributed by atoms with Crippen molar-refractivity contribution in [1.29, 1.82) is 0 Å². The molecule has 0 heterocycles. The molecule has 1 atom stereocenters. The van der Waals surface area contributed by atoms with Crippen LogP contribution in [0.1, 0.15) is 19.4 Å². The Balaban J connectivity index is 2.33. The van der Waals surface area contributed by atoms with E-state index in [1.165, 1.54) is 18.2 Å². The molecule has 0 unspecified atom stereocenters. The molecule has 0 saturated carbocycles. The molecule has 5 nitrogen and oxygen atoms in total. The Hall–Kier alpha value is -2.25. The van der Waals surface area contributed by atoms with Crippen LogP contribution in [0.2, 0.25) is 0 Å². The molecular weight excluding hydrogens is 333 g/mol. The minimum Gasteiger partial charge on any atom is -0.424 e. The topological polar surface area (TPSA) is 86.5 Å². The Morgan fingerprint density at radius 3 is 2.25 bits per heavy atom. The lowest BCUT2D eigenvalue weighted by atomic mass is 10.1. The highest BCUT2D eigenvalue weighted by molar-refractivity contribution is 7.91. The summed E-state index contributed by atoms with van der Waals surface area (Å²) < 4.78 is 43.7. The van der Waals surface area contributed by atoms with Crippen LogP contribution >= 0.6 is 0 Å². The zero-order valence-corrected chi connectivity index (χ0v) is 14.1. The van der Waals surface area contributed by atoms with E-state index in [0.29, 0.717) is 6.42 Å². The van der Waals surface area contributed by atoms with Crippen molar-refractivity contribution in [2.75, 3.05) is 0 Å². The zero-order valence-electron chi connectivity index (χ0n) is 13.3. The van der Waals surface area contributed by atoms with Crippen molar-refractivity contribution in [3.8, 4) is 5.75 Å². The minimum atomic E-state index is -3.86. The molecule has 0 bridgehead atoms. The third kappa shape index (κ3) is 4.18. The van der Waals surface area contributed by atoms with Gasteiger partial charge in [-0.2, -0.15) is 0 Å². The lowest BCUT2D eigenvalue weighted by molar-refractivity contribution is -0.132. The van der Waals surface area contributed by atoms with Crippen molar-refractivity contribution in [2.45, 2.75) is 36.1 Å². The summed E-state index contributed by atoms with van der Waals surface area (Å²) in [5.74, 6) is -1.91. The predicted molar refractivity (Wildman–Crippen MR) is 87.0 cm³/mol. The van der Waals surface area contributed by atoms with Crippen LogP contribution in [0.3, 0.4) is 0 Å². The number of hydrogen-bond acceptors (Lipinski definition) is 5. The third-order valence-electron chi connectivity index (χ3n) is 3.26. The average Bonchev–Trinajstić information content (AvgIpc) is 2.48. The summed E-state index contributed by atoms with van der Waals surface area (Å²) in [6.45, 7) is 2.99. The van der Waals surface area contributed by atoms with Crippen LogP contribution in [-0.2, 0) is 21.1 Å². The highest BCUT2D eigenvalue weighted by atomic mass is 32.2. The zero-order chi connectivity index (χ0) is 17.9. The lowest BCUT2D eigenvalue weighted by Crippen LogP contribution is -2.17. The van der Waals surface area contributed by atoms with Crippen LogP contribution < -0.4 is 10.5 Å². The second-order valence-corrected chi connectivity index (χ2v) is 7.46. The fourth-order valence-electron chi connectivity index (χ4n) is 2.20. The Bertz CT molecular complexity index is 845. The molecule has 2 rings (SSSR count). The van der Waals surface area contributed by atoms with E-state index < -0.39 is 21.6 Å². The van der Waals surface area contributed by atoms with Gasteiger partial charge < -0.3 is 10.5 Å².